The van der Waals surface area contributed by atoms with E-state index in [-0.39, 0.29) is 0 Å². The molecule has 6 heteroatoms. The van der Waals surface area contributed by atoms with Crippen LogP contribution in [0.1, 0.15) is 29.7 Å². The molecule has 0 amide bonds. The van der Waals surface area contributed by atoms with Crippen LogP contribution in [0.2, 0.25) is 0 Å². The van der Waals surface area contributed by atoms with E-state index in [1.54, 1.807) is 44.6 Å². The Bertz CT molecular complexity index is 790. The van der Waals surface area contributed by atoms with E-state index in [2.05, 4.69) is 0 Å². The lowest BCUT2D eigenvalue weighted by Gasteiger charge is -2.28. The minimum absolute atomic E-state index is 0.425. The molecule has 0 aliphatic heterocycles. The Balaban J connectivity index is 2.21. The maximum atomic E-state index is 11.3. The second-order valence-electron chi connectivity index (χ2n) is 6.43. The van der Waals surface area contributed by atoms with E-state index >= 15 is 0 Å². The third-order valence-corrected chi connectivity index (χ3v) is 4.51. The van der Waals surface area contributed by atoms with Crippen molar-refractivity contribution in [2.75, 3.05) is 20.8 Å². The molecule has 27 heavy (non-hydrogen) atoms. The van der Waals surface area contributed by atoms with Crippen LogP contribution in [0.4, 0.5) is 0 Å². The molecule has 2 aromatic carbocycles. The zero-order valence-electron chi connectivity index (χ0n) is 15.5. The van der Waals surface area contributed by atoms with Crippen molar-refractivity contribution < 1.29 is 29.6 Å². The normalized spacial score (nSPS) is 14.6. The fraction of sp³-hybridized carbons (Fsp3) is 0.286. The first-order valence-electron chi connectivity index (χ1n) is 8.37. The Morgan fingerprint density at radius 2 is 1.56 bits per heavy atom. The quantitative estimate of drug-likeness (QED) is 0.617. The van der Waals surface area contributed by atoms with E-state index in [0.29, 0.717) is 17.1 Å². The van der Waals surface area contributed by atoms with Gasteiger partial charge < -0.3 is 24.8 Å². The van der Waals surface area contributed by atoms with Crippen molar-refractivity contribution in [1.82, 2.24) is 0 Å². The third kappa shape index (κ3) is 4.67. The van der Waals surface area contributed by atoms with Gasteiger partial charge >= 0.3 is 5.97 Å². The van der Waals surface area contributed by atoms with Crippen molar-refractivity contribution >= 4 is 18.1 Å². The summed E-state index contributed by atoms with van der Waals surface area (Å²) < 4.78 is 10.5. The molecule has 2 atom stereocenters. The predicted octanol–water partition coefficient (Wildman–Crippen LogP) is 2.99. The maximum Gasteiger partial charge on any atom is 0.314 e. The largest absolute Gasteiger partial charge is 0.497 e. The number of hydrogen-bond donors (Lipinski definition) is 3. The number of aliphatic hydroxyl groups excluding tert-OH is 2. The van der Waals surface area contributed by atoms with E-state index in [1.807, 2.05) is 24.3 Å². The zero-order chi connectivity index (χ0) is 20.0. The van der Waals surface area contributed by atoms with Crippen LogP contribution in [0.25, 0.3) is 12.2 Å². The second-order valence-corrected chi connectivity index (χ2v) is 6.43. The number of carbonyl (C=O) groups is 1. The van der Waals surface area contributed by atoms with Gasteiger partial charge in [-0.3, -0.25) is 4.79 Å². The molecule has 0 radical (unpaired) electrons. The van der Waals surface area contributed by atoms with Gasteiger partial charge in [0.05, 0.1) is 26.9 Å². The molecule has 144 valence electrons. The van der Waals surface area contributed by atoms with Crippen LogP contribution in [0, 0.1) is 5.41 Å². The van der Waals surface area contributed by atoms with Crippen LogP contribution in [-0.2, 0) is 4.79 Å². The minimum Gasteiger partial charge on any atom is -0.497 e. The molecular formula is C21H24O6. The Morgan fingerprint density at radius 3 is 2.00 bits per heavy atom. The summed E-state index contributed by atoms with van der Waals surface area (Å²) in [4.78, 5) is 11.3. The summed E-state index contributed by atoms with van der Waals surface area (Å²) in [6.07, 6.45) is 2.46. The molecule has 0 bridgehead atoms. The summed E-state index contributed by atoms with van der Waals surface area (Å²) in [5, 5.41) is 29.0. The summed E-state index contributed by atoms with van der Waals surface area (Å²) in [6, 6.07) is 12.4. The number of carboxylic acid groups (broad SMARTS) is 1. The van der Waals surface area contributed by atoms with Crippen LogP contribution in [0.15, 0.2) is 42.5 Å². The first-order valence-corrected chi connectivity index (χ1v) is 8.37. The number of aliphatic carboxylic acids is 1. The molecule has 2 aromatic rings. The number of methoxy groups -OCH3 is 2. The number of carboxylic acids is 1. The summed E-state index contributed by atoms with van der Waals surface area (Å²) in [5.41, 5.74) is 0.533. The van der Waals surface area contributed by atoms with Gasteiger partial charge in [-0.1, -0.05) is 36.4 Å². The Hall–Kier alpha value is -2.83. The highest BCUT2D eigenvalue weighted by atomic mass is 16.5. The summed E-state index contributed by atoms with van der Waals surface area (Å²) in [6.45, 7) is 0.646. The SMILES string of the molecule is COc1cc(C=Cc2ccc(C(O)C(C)(CO)C(=O)O)cc2)cc(OC)c1. The molecule has 0 heterocycles. The van der Waals surface area contributed by atoms with Gasteiger partial charge in [0.25, 0.3) is 0 Å². The molecule has 0 aliphatic carbocycles. The molecule has 2 unspecified atom stereocenters. The minimum atomic E-state index is -1.66. The number of ether oxygens (including phenoxy) is 2. The number of benzene rings is 2. The van der Waals surface area contributed by atoms with Gasteiger partial charge in [0, 0.05) is 6.07 Å². The zero-order valence-corrected chi connectivity index (χ0v) is 15.5. The van der Waals surface area contributed by atoms with E-state index in [0.717, 1.165) is 11.1 Å². The molecule has 0 saturated carbocycles. The van der Waals surface area contributed by atoms with Gasteiger partial charge in [-0.2, -0.15) is 0 Å². The molecule has 0 aliphatic rings. The molecule has 2 rings (SSSR count). The van der Waals surface area contributed by atoms with Crippen molar-refractivity contribution in [3.8, 4) is 11.5 Å². The Morgan fingerprint density at radius 1 is 1.04 bits per heavy atom. The standard InChI is InChI=1S/C21H24O6/c1-21(13-22,20(24)25)19(23)16-8-6-14(7-9-16)4-5-15-10-17(26-2)12-18(11-15)27-3/h4-12,19,22-23H,13H2,1-3H3,(H,24,25). The molecular weight excluding hydrogens is 348 g/mol. The highest BCUT2D eigenvalue weighted by Gasteiger charge is 2.41. The summed E-state index contributed by atoms with van der Waals surface area (Å²) in [5.74, 6) is 0.113. The highest BCUT2D eigenvalue weighted by molar-refractivity contribution is 5.75. The lowest BCUT2D eigenvalue weighted by Crippen LogP contribution is -2.37. The topological polar surface area (TPSA) is 96.2 Å². The van der Waals surface area contributed by atoms with Crippen molar-refractivity contribution in [3.63, 3.8) is 0 Å². The van der Waals surface area contributed by atoms with Gasteiger partial charge in [0.15, 0.2) is 0 Å². The van der Waals surface area contributed by atoms with Crippen LogP contribution in [-0.4, -0.2) is 42.1 Å². The predicted molar refractivity (Wildman–Crippen MR) is 103 cm³/mol. The van der Waals surface area contributed by atoms with Crippen LogP contribution in [0.3, 0.4) is 0 Å². The fourth-order valence-corrected chi connectivity index (χ4v) is 2.55. The van der Waals surface area contributed by atoms with Gasteiger partial charge in [-0.15, -0.1) is 0 Å². The van der Waals surface area contributed by atoms with E-state index in [9.17, 15) is 20.1 Å². The molecule has 3 N–H and O–H groups in total. The average Bonchev–Trinajstić information content (AvgIpc) is 2.70. The Kier molecular flexibility index (Phi) is 6.60. The van der Waals surface area contributed by atoms with Gasteiger partial charge in [-0.05, 0) is 35.7 Å². The smallest absolute Gasteiger partial charge is 0.314 e. The number of aliphatic hydroxyl groups is 2. The van der Waals surface area contributed by atoms with E-state index in [4.69, 9.17) is 9.47 Å². The molecule has 0 fully saturated rings. The van der Waals surface area contributed by atoms with Crippen molar-refractivity contribution in [2.45, 2.75) is 13.0 Å². The average molecular weight is 372 g/mol. The lowest BCUT2D eigenvalue weighted by atomic mass is 9.81. The second kappa shape index (κ2) is 8.70. The van der Waals surface area contributed by atoms with E-state index in [1.165, 1.54) is 6.92 Å². The van der Waals surface area contributed by atoms with Crippen LogP contribution >= 0.6 is 0 Å². The summed E-state index contributed by atoms with van der Waals surface area (Å²) in [7, 11) is 3.17. The third-order valence-electron chi connectivity index (χ3n) is 4.51. The molecule has 0 saturated heterocycles. The van der Waals surface area contributed by atoms with Crippen molar-refractivity contribution in [1.29, 1.82) is 0 Å². The van der Waals surface area contributed by atoms with Gasteiger partial charge in [0.2, 0.25) is 0 Å². The maximum absolute atomic E-state index is 11.3. The number of rotatable bonds is 8. The van der Waals surface area contributed by atoms with Crippen LogP contribution < -0.4 is 9.47 Å². The van der Waals surface area contributed by atoms with Gasteiger partial charge in [-0.25, -0.2) is 0 Å². The highest BCUT2D eigenvalue weighted by Crippen LogP contribution is 2.34. The lowest BCUT2D eigenvalue weighted by molar-refractivity contribution is -0.159. The molecule has 6 nitrogen and oxygen atoms in total. The summed E-state index contributed by atoms with van der Waals surface area (Å²) >= 11 is 0. The molecule has 0 spiro atoms. The first kappa shape index (κ1) is 20.5. The first-order chi connectivity index (χ1) is 12.8. The van der Waals surface area contributed by atoms with Crippen molar-refractivity contribution in [3.05, 3.63) is 59.2 Å². The Labute approximate surface area is 158 Å². The van der Waals surface area contributed by atoms with Crippen molar-refractivity contribution in [2.24, 2.45) is 5.41 Å². The van der Waals surface area contributed by atoms with Crippen LogP contribution in [0.5, 0.6) is 11.5 Å². The molecule has 0 aromatic heterocycles. The monoisotopic (exact) mass is 372 g/mol. The fourth-order valence-electron chi connectivity index (χ4n) is 2.55. The van der Waals surface area contributed by atoms with E-state index < -0.39 is 24.1 Å². The number of hydrogen-bond acceptors (Lipinski definition) is 5. The van der Waals surface area contributed by atoms with Gasteiger partial charge in [0.1, 0.15) is 16.9 Å².